The van der Waals surface area contributed by atoms with E-state index in [0.717, 1.165) is 40.5 Å². The number of carbonyl (C=O) groups excluding carboxylic acids is 1. The smallest absolute Gasteiger partial charge is 0.251 e. The van der Waals surface area contributed by atoms with E-state index in [9.17, 15) is 4.79 Å². The van der Waals surface area contributed by atoms with Crippen LogP contribution in [0.3, 0.4) is 0 Å². The highest BCUT2D eigenvalue weighted by Crippen LogP contribution is 2.37. The van der Waals surface area contributed by atoms with Crippen LogP contribution < -0.4 is 15.4 Å². The monoisotopic (exact) mass is 460 g/mol. The van der Waals surface area contributed by atoms with Crippen LogP contribution in [0.25, 0.3) is 11.3 Å². The lowest BCUT2D eigenvalue weighted by Crippen LogP contribution is -2.24. The van der Waals surface area contributed by atoms with Crippen molar-refractivity contribution in [2.24, 2.45) is 0 Å². The van der Waals surface area contributed by atoms with Crippen LogP contribution in [0.2, 0.25) is 0 Å². The highest BCUT2D eigenvalue weighted by atomic mass is 32.2. The third-order valence-electron chi connectivity index (χ3n) is 5.33. The van der Waals surface area contributed by atoms with Crippen molar-refractivity contribution >= 4 is 23.5 Å². The molecule has 1 aliphatic rings. The molecule has 4 rings (SSSR count). The van der Waals surface area contributed by atoms with Gasteiger partial charge in [0.15, 0.2) is 0 Å². The molecule has 1 unspecified atom stereocenters. The molecule has 0 radical (unpaired) electrons. The summed E-state index contributed by atoms with van der Waals surface area (Å²) in [6.45, 7) is 1.70. The predicted octanol–water partition coefficient (Wildman–Crippen LogP) is 3.63. The Balaban J connectivity index is 1.42. The van der Waals surface area contributed by atoms with Crippen LogP contribution in [0.1, 0.15) is 33.3 Å². The van der Waals surface area contributed by atoms with Crippen molar-refractivity contribution in [3.8, 4) is 23.1 Å². The van der Waals surface area contributed by atoms with Gasteiger partial charge in [0.25, 0.3) is 5.91 Å². The van der Waals surface area contributed by atoms with E-state index in [4.69, 9.17) is 10.00 Å². The minimum absolute atomic E-state index is 0.192. The summed E-state index contributed by atoms with van der Waals surface area (Å²) < 4.78 is 5.82. The zero-order chi connectivity index (χ0) is 23.0. The molecule has 3 aromatic rings. The molecule has 1 amide bonds. The summed E-state index contributed by atoms with van der Waals surface area (Å²) in [5.41, 5.74) is 4.36. The second kappa shape index (κ2) is 10.8. The summed E-state index contributed by atoms with van der Waals surface area (Å²) in [5, 5.41) is 14.9. The van der Waals surface area contributed by atoms with E-state index >= 15 is 0 Å². The van der Waals surface area contributed by atoms with E-state index < -0.39 is 0 Å². The zero-order valence-electron chi connectivity index (χ0n) is 18.2. The molecule has 168 valence electrons. The number of hydrogen-bond donors (Lipinski definition) is 2. The molecular weight excluding hydrogens is 436 g/mol. The Morgan fingerprint density at radius 1 is 1.24 bits per heavy atom. The SMILES string of the molecule is CSC(CNc1cc(-c2ccc(C(=O)NCCC#N)cc2)ncn1)c1ccnc2c1OCC2. The lowest BCUT2D eigenvalue weighted by Gasteiger charge is -2.18. The maximum absolute atomic E-state index is 12.1. The van der Waals surface area contributed by atoms with Gasteiger partial charge in [0, 0.05) is 48.5 Å². The minimum atomic E-state index is -0.198. The number of nitriles is 1. The summed E-state index contributed by atoms with van der Waals surface area (Å²) >= 11 is 1.75. The fraction of sp³-hybridized carbons (Fsp3) is 0.292. The molecule has 0 saturated carbocycles. The van der Waals surface area contributed by atoms with Gasteiger partial charge in [-0.15, -0.1) is 0 Å². The lowest BCUT2D eigenvalue weighted by atomic mass is 10.1. The van der Waals surface area contributed by atoms with Crippen LogP contribution in [0, 0.1) is 11.3 Å². The first kappa shape index (κ1) is 22.6. The van der Waals surface area contributed by atoms with E-state index in [1.54, 1.807) is 23.9 Å². The topological polar surface area (TPSA) is 113 Å². The van der Waals surface area contributed by atoms with Gasteiger partial charge in [-0.2, -0.15) is 17.0 Å². The average Bonchev–Trinajstić information content (AvgIpc) is 3.34. The summed E-state index contributed by atoms with van der Waals surface area (Å²) in [6.07, 6.45) is 6.60. The van der Waals surface area contributed by atoms with Crippen LogP contribution >= 0.6 is 11.8 Å². The molecular formula is C24H24N6O2S. The van der Waals surface area contributed by atoms with Gasteiger partial charge in [-0.25, -0.2) is 9.97 Å². The number of hydrogen-bond acceptors (Lipinski definition) is 8. The van der Waals surface area contributed by atoms with Gasteiger partial charge in [0.1, 0.15) is 17.9 Å². The lowest BCUT2D eigenvalue weighted by molar-refractivity contribution is 0.0954. The van der Waals surface area contributed by atoms with Crippen molar-refractivity contribution in [1.29, 1.82) is 5.26 Å². The number of thioether (sulfide) groups is 1. The maximum Gasteiger partial charge on any atom is 0.251 e. The molecule has 1 aromatic carbocycles. The molecule has 0 spiro atoms. The van der Waals surface area contributed by atoms with Gasteiger partial charge in [-0.3, -0.25) is 9.78 Å². The Kier molecular flexibility index (Phi) is 7.37. The predicted molar refractivity (Wildman–Crippen MR) is 128 cm³/mol. The number of ether oxygens (including phenoxy) is 1. The molecule has 2 N–H and O–H groups in total. The van der Waals surface area contributed by atoms with Gasteiger partial charge >= 0.3 is 0 Å². The first-order chi connectivity index (χ1) is 16.2. The van der Waals surface area contributed by atoms with Crippen molar-refractivity contribution < 1.29 is 9.53 Å². The summed E-state index contributed by atoms with van der Waals surface area (Å²) in [4.78, 5) is 25.3. The average molecular weight is 461 g/mol. The molecule has 1 atom stereocenters. The zero-order valence-corrected chi connectivity index (χ0v) is 19.1. The second-order valence-corrected chi connectivity index (χ2v) is 8.45. The third kappa shape index (κ3) is 5.41. The Bertz CT molecular complexity index is 1160. The molecule has 8 nitrogen and oxygen atoms in total. The van der Waals surface area contributed by atoms with Crippen LogP contribution in [0.15, 0.2) is 48.9 Å². The highest BCUT2D eigenvalue weighted by molar-refractivity contribution is 7.98. The number of anilines is 1. The van der Waals surface area contributed by atoms with Crippen molar-refractivity contribution in [2.45, 2.75) is 18.1 Å². The molecule has 1 aliphatic heterocycles. The van der Waals surface area contributed by atoms with E-state index in [1.807, 2.05) is 36.5 Å². The number of amides is 1. The number of nitrogens with zero attached hydrogens (tertiary/aromatic N) is 4. The van der Waals surface area contributed by atoms with Crippen LogP contribution in [-0.2, 0) is 6.42 Å². The van der Waals surface area contributed by atoms with Crippen molar-refractivity contribution in [2.75, 3.05) is 31.3 Å². The minimum Gasteiger partial charge on any atom is -0.491 e. The number of pyridine rings is 1. The second-order valence-electron chi connectivity index (χ2n) is 7.41. The fourth-order valence-electron chi connectivity index (χ4n) is 3.61. The molecule has 0 fully saturated rings. The normalized spacial score (nSPS) is 12.8. The van der Waals surface area contributed by atoms with Gasteiger partial charge in [0.05, 0.1) is 35.7 Å². The Labute approximate surface area is 196 Å². The number of rotatable bonds is 9. The van der Waals surface area contributed by atoms with E-state index in [-0.39, 0.29) is 17.6 Å². The van der Waals surface area contributed by atoms with E-state index in [1.165, 1.54) is 6.33 Å². The van der Waals surface area contributed by atoms with Gasteiger partial charge in [-0.1, -0.05) is 12.1 Å². The molecule has 3 heterocycles. The molecule has 0 aliphatic carbocycles. The van der Waals surface area contributed by atoms with Crippen LogP contribution in [0.4, 0.5) is 5.82 Å². The number of fused-ring (bicyclic) bond motifs is 1. The van der Waals surface area contributed by atoms with Crippen LogP contribution in [0.5, 0.6) is 5.75 Å². The standard InChI is InChI=1S/C24H24N6O2S/c1-33-21(18-7-11-26-19-8-12-32-23(18)19)14-28-22-13-20(29-15-30-22)16-3-5-17(6-4-16)24(31)27-10-2-9-25/h3-7,11,13,15,21H,2,8,10,12,14H2,1H3,(H,27,31)(H,28,29,30). The van der Waals surface area contributed by atoms with Gasteiger partial charge in [-0.05, 0) is 24.5 Å². The molecule has 9 heteroatoms. The molecule has 0 bridgehead atoms. The largest absolute Gasteiger partial charge is 0.491 e. The van der Waals surface area contributed by atoms with Gasteiger partial charge < -0.3 is 15.4 Å². The van der Waals surface area contributed by atoms with Gasteiger partial charge in [0.2, 0.25) is 0 Å². The Hall–Kier alpha value is -3.64. The highest BCUT2D eigenvalue weighted by Gasteiger charge is 2.22. The summed E-state index contributed by atoms with van der Waals surface area (Å²) in [7, 11) is 0. The Morgan fingerprint density at radius 3 is 2.88 bits per heavy atom. The van der Waals surface area contributed by atoms with Crippen molar-refractivity contribution in [1.82, 2.24) is 20.3 Å². The number of aromatic nitrogens is 3. The maximum atomic E-state index is 12.1. The first-order valence-corrected chi connectivity index (χ1v) is 11.9. The van der Waals surface area contributed by atoms with Crippen molar-refractivity contribution in [3.63, 3.8) is 0 Å². The number of carbonyl (C=O) groups is 1. The fourth-order valence-corrected chi connectivity index (χ4v) is 4.30. The van der Waals surface area contributed by atoms with E-state index in [2.05, 4.69) is 31.8 Å². The summed E-state index contributed by atoms with van der Waals surface area (Å²) in [5.74, 6) is 1.44. The molecule has 33 heavy (non-hydrogen) atoms. The Morgan fingerprint density at radius 2 is 2.09 bits per heavy atom. The number of nitrogens with one attached hydrogen (secondary N) is 2. The van der Waals surface area contributed by atoms with Crippen LogP contribution in [-0.4, -0.2) is 46.8 Å². The first-order valence-electron chi connectivity index (χ1n) is 10.6. The molecule has 2 aromatic heterocycles. The third-order valence-corrected chi connectivity index (χ3v) is 6.32. The van der Waals surface area contributed by atoms with E-state index in [0.29, 0.717) is 25.3 Å². The van der Waals surface area contributed by atoms with Crippen molar-refractivity contribution in [3.05, 3.63) is 65.7 Å². The quantitative estimate of drug-likeness (QED) is 0.466. The number of benzene rings is 1. The molecule has 0 saturated heterocycles. The summed E-state index contributed by atoms with van der Waals surface area (Å²) in [6, 6.07) is 13.1.